The highest BCUT2D eigenvalue weighted by molar-refractivity contribution is 6.37. The van der Waals surface area contributed by atoms with E-state index < -0.39 is 101 Å². The van der Waals surface area contributed by atoms with Crippen LogP contribution in [-0.4, -0.2) is 77.3 Å². The van der Waals surface area contributed by atoms with Gasteiger partial charge in [-0.15, -0.1) is 0 Å². The van der Waals surface area contributed by atoms with Crippen LogP contribution in [-0.2, 0) is 35.3 Å². The molecule has 4 fully saturated rings. The standard InChI is InChI=1S/C34H44F3N5O7/c1-17(2)23(30(47)49-16-19-8-6-5-7-9-19)40-31(48)41-26(33(12-13-33)34(35,36)37)29(46)42-15-20-22(32(20,3)4)24(42)28(45)39-21(14-18-10-11-18)25(43)27(38)44/h5-9,17-18,20-24,26H,10-16H2,1-4H3,(H2,38,44)(H,39,45)(H2,40,41,48)/t20-,21?,22-,23-,24-,26+/m0/s1. The number of ketones is 1. The maximum atomic E-state index is 14.6. The second-order valence-corrected chi connectivity index (χ2v) is 14.9. The molecular formula is C34H44F3N5O7. The summed E-state index contributed by atoms with van der Waals surface area (Å²) in [6, 6.07) is 1.77. The zero-order chi connectivity index (χ0) is 36.1. The molecule has 6 atom stereocenters. The number of alkyl halides is 3. The number of primary amides is 1. The number of rotatable bonds is 14. The third-order valence-electron chi connectivity index (χ3n) is 10.8. The molecule has 15 heteroatoms. The number of hydrogen-bond acceptors (Lipinski definition) is 7. The van der Waals surface area contributed by atoms with Gasteiger partial charge in [0.25, 0.3) is 5.91 Å². The lowest BCUT2D eigenvalue weighted by Crippen LogP contribution is -2.63. The van der Waals surface area contributed by atoms with E-state index >= 15 is 0 Å². The first kappa shape index (κ1) is 36.1. The molecule has 4 aliphatic rings. The highest BCUT2D eigenvalue weighted by Gasteiger charge is 2.73. The number of esters is 1. The number of piperidine rings is 1. The lowest BCUT2D eigenvalue weighted by atomic mass is 9.92. The molecule has 0 spiro atoms. The van der Waals surface area contributed by atoms with Gasteiger partial charge in [-0.1, -0.05) is 70.9 Å². The van der Waals surface area contributed by atoms with Gasteiger partial charge in [0.05, 0.1) is 11.5 Å². The lowest BCUT2D eigenvalue weighted by Gasteiger charge is -2.37. The molecule has 1 aromatic carbocycles. The topological polar surface area (TPSA) is 177 Å². The summed E-state index contributed by atoms with van der Waals surface area (Å²) in [6.45, 7) is 6.87. The van der Waals surface area contributed by atoms with Crippen LogP contribution in [0, 0.1) is 34.5 Å². The van der Waals surface area contributed by atoms with Crippen molar-refractivity contribution in [1.82, 2.24) is 20.9 Å². The van der Waals surface area contributed by atoms with E-state index in [4.69, 9.17) is 10.5 Å². The third kappa shape index (κ3) is 7.40. The Morgan fingerprint density at radius 1 is 1.00 bits per heavy atom. The van der Waals surface area contributed by atoms with E-state index in [9.17, 15) is 41.9 Å². The minimum absolute atomic E-state index is 0.0419. The van der Waals surface area contributed by atoms with Crippen LogP contribution in [0.1, 0.15) is 65.4 Å². The zero-order valence-corrected chi connectivity index (χ0v) is 28.0. The van der Waals surface area contributed by atoms with Crippen molar-refractivity contribution >= 4 is 35.5 Å². The van der Waals surface area contributed by atoms with E-state index in [-0.39, 0.29) is 31.4 Å². The summed E-state index contributed by atoms with van der Waals surface area (Å²) in [5.41, 5.74) is 2.91. The van der Waals surface area contributed by atoms with Gasteiger partial charge in [-0.3, -0.25) is 19.2 Å². The van der Waals surface area contributed by atoms with E-state index in [1.54, 1.807) is 44.2 Å². The predicted molar refractivity (Wildman–Crippen MR) is 168 cm³/mol. The molecule has 5 amide bonds. The summed E-state index contributed by atoms with van der Waals surface area (Å²) in [5, 5.41) is 7.19. The number of carbonyl (C=O) groups excluding carboxylic acids is 6. The Bertz CT molecular complexity index is 1490. The van der Waals surface area contributed by atoms with Crippen molar-refractivity contribution in [2.75, 3.05) is 6.54 Å². The molecule has 5 rings (SSSR count). The van der Waals surface area contributed by atoms with Gasteiger partial charge >= 0.3 is 18.2 Å². The largest absolute Gasteiger partial charge is 0.459 e. The van der Waals surface area contributed by atoms with Gasteiger partial charge in [0.1, 0.15) is 24.7 Å². The van der Waals surface area contributed by atoms with Crippen molar-refractivity contribution in [2.45, 2.75) is 96.7 Å². The van der Waals surface area contributed by atoms with Crippen molar-refractivity contribution < 1.29 is 46.7 Å². The van der Waals surface area contributed by atoms with Gasteiger partial charge < -0.3 is 31.3 Å². The van der Waals surface area contributed by atoms with Crippen LogP contribution < -0.4 is 21.7 Å². The molecule has 3 aliphatic carbocycles. The smallest absolute Gasteiger partial charge is 0.396 e. The van der Waals surface area contributed by atoms with Gasteiger partial charge in [-0.05, 0) is 53.9 Å². The van der Waals surface area contributed by atoms with Gasteiger partial charge in [0.15, 0.2) is 0 Å². The average Bonchev–Trinajstić information content (AvgIpc) is 3.99. The van der Waals surface area contributed by atoms with Crippen molar-refractivity contribution in [3.05, 3.63) is 35.9 Å². The van der Waals surface area contributed by atoms with Gasteiger partial charge in [0, 0.05) is 6.54 Å². The number of nitrogens with two attached hydrogens (primary N) is 1. The molecule has 5 N–H and O–H groups in total. The first-order chi connectivity index (χ1) is 22.9. The number of urea groups is 1. The number of nitrogens with one attached hydrogen (secondary N) is 3. The molecule has 1 heterocycles. The summed E-state index contributed by atoms with van der Waals surface area (Å²) in [6.07, 6.45) is -3.95. The fourth-order valence-corrected chi connectivity index (χ4v) is 7.26. The molecule has 0 radical (unpaired) electrons. The molecule has 12 nitrogen and oxygen atoms in total. The van der Waals surface area contributed by atoms with E-state index in [2.05, 4.69) is 16.0 Å². The third-order valence-corrected chi connectivity index (χ3v) is 10.8. The van der Waals surface area contributed by atoms with Crippen molar-refractivity contribution in [1.29, 1.82) is 0 Å². The van der Waals surface area contributed by atoms with Gasteiger partial charge in [-0.25, -0.2) is 9.59 Å². The second kappa shape index (κ2) is 13.3. The predicted octanol–water partition coefficient (Wildman–Crippen LogP) is 2.59. The number of hydrogen-bond donors (Lipinski definition) is 4. The highest BCUT2D eigenvalue weighted by atomic mass is 19.4. The number of benzene rings is 1. The fraction of sp³-hybridized carbons (Fsp3) is 0.647. The second-order valence-electron chi connectivity index (χ2n) is 14.9. The van der Waals surface area contributed by atoms with E-state index in [0.29, 0.717) is 5.56 Å². The first-order valence-electron chi connectivity index (χ1n) is 16.7. The molecule has 1 aromatic rings. The van der Waals surface area contributed by atoms with Gasteiger partial charge in [0.2, 0.25) is 17.6 Å². The molecule has 268 valence electrons. The van der Waals surface area contributed by atoms with Crippen LogP contribution in [0.15, 0.2) is 30.3 Å². The van der Waals surface area contributed by atoms with Crippen molar-refractivity contribution in [2.24, 2.45) is 40.2 Å². The number of fused-ring (bicyclic) bond motifs is 1. The average molecular weight is 692 g/mol. The SMILES string of the molecule is CC(C)[C@H](NC(=O)N[C@H](C(=O)N1C[C@H]2[C@@H]([C@H]1C(=O)NC(CC1CC1)C(=O)C(N)=O)C2(C)C)C1(C(F)(F)F)CC1)C(=O)OCc1ccccc1. The number of ether oxygens (including phenoxy) is 1. The summed E-state index contributed by atoms with van der Waals surface area (Å²) < 4.78 is 49.1. The molecule has 0 bridgehead atoms. The molecule has 1 saturated heterocycles. The molecular weight excluding hydrogens is 647 g/mol. The minimum atomic E-state index is -4.88. The van der Waals surface area contributed by atoms with Crippen LogP contribution >= 0.6 is 0 Å². The summed E-state index contributed by atoms with van der Waals surface area (Å²) in [5.74, 6) is -5.95. The number of halogens is 3. The number of carbonyl (C=O) groups is 6. The van der Waals surface area contributed by atoms with Crippen LogP contribution in [0.25, 0.3) is 0 Å². The zero-order valence-electron chi connectivity index (χ0n) is 28.0. The lowest BCUT2D eigenvalue weighted by molar-refractivity contribution is -0.199. The first-order valence-corrected chi connectivity index (χ1v) is 16.7. The Morgan fingerprint density at radius 3 is 2.16 bits per heavy atom. The van der Waals surface area contributed by atoms with Crippen molar-refractivity contribution in [3.8, 4) is 0 Å². The quantitative estimate of drug-likeness (QED) is 0.171. The fourth-order valence-electron chi connectivity index (χ4n) is 7.26. The van der Waals surface area contributed by atoms with Crippen molar-refractivity contribution in [3.63, 3.8) is 0 Å². The Balaban J connectivity index is 1.35. The summed E-state index contributed by atoms with van der Waals surface area (Å²) in [7, 11) is 0. The van der Waals surface area contributed by atoms with E-state index in [1.807, 2.05) is 13.8 Å². The summed E-state index contributed by atoms with van der Waals surface area (Å²) in [4.78, 5) is 79.7. The highest BCUT2D eigenvalue weighted by Crippen LogP contribution is 2.66. The Labute approximate surface area is 282 Å². The number of Topliss-reactive ketones (excluding diaryl/α,β-unsaturated/α-hetero) is 1. The van der Waals surface area contributed by atoms with E-state index in [0.717, 1.165) is 17.7 Å². The summed E-state index contributed by atoms with van der Waals surface area (Å²) >= 11 is 0. The molecule has 49 heavy (non-hydrogen) atoms. The Hall–Kier alpha value is -4.17. The van der Waals surface area contributed by atoms with Crippen LogP contribution in [0.3, 0.4) is 0 Å². The Morgan fingerprint density at radius 2 is 1.63 bits per heavy atom. The molecule has 3 saturated carbocycles. The number of nitrogens with zero attached hydrogens (tertiary/aromatic N) is 1. The van der Waals surface area contributed by atoms with E-state index in [1.165, 1.54) is 0 Å². The monoisotopic (exact) mass is 691 g/mol. The molecule has 1 aliphatic heterocycles. The molecule has 0 aromatic heterocycles. The molecule has 1 unspecified atom stereocenters. The van der Waals surface area contributed by atoms with Crippen LogP contribution in [0.2, 0.25) is 0 Å². The van der Waals surface area contributed by atoms with Crippen LogP contribution in [0.5, 0.6) is 0 Å². The number of amides is 5. The maximum absolute atomic E-state index is 14.6. The Kier molecular flexibility index (Phi) is 9.78. The minimum Gasteiger partial charge on any atom is -0.459 e. The normalized spacial score (nSPS) is 24.9. The number of likely N-dealkylation sites (tertiary alicyclic amines) is 1. The van der Waals surface area contributed by atoms with Gasteiger partial charge in [-0.2, -0.15) is 13.2 Å². The maximum Gasteiger partial charge on any atom is 0.396 e. The van der Waals surface area contributed by atoms with Crippen LogP contribution in [0.4, 0.5) is 18.0 Å².